The van der Waals surface area contributed by atoms with E-state index in [-0.39, 0.29) is 11.6 Å². The van der Waals surface area contributed by atoms with Crippen molar-refractivity contribution in [2.24, 2.45) is 0 Å². The third-order valence-corrected chi connectivity index (χ3v) is 2.06. The summed E-state index contributed by atoms with van der Waals surface area (Å²) in [5.74, 6) is -0.449. The minimum absolute atomic E-state index is 0.0506. The van der Waals surface area contributed by atoms with Crippen molar-refractivity contribution in [3.05, 3.63) is 36.0 Å². The second-order valence-corrected chi connectivity index (χ2v) is 3.12. The van der Waals surface area contributed by atoms with Crippen LogP contribution in [0.25, 0.3) is 11.3 Å². The largest absolute Gasteiger partial charge is 0.368 e. The van der Waals surface area contributed by atoms with Gasteiger partial charge in [-0.3, -0.25) is 4.98 Å². The lowest BCUT2D eigenvalue weighted by Crippen LogP contribution is -2.00. The second-order valence-electron chi connectivity index (χ2n) is 3.12. The Morgan fingerprint density at radius 3 is 2.87 bits per heavy atom. The molecule has 0 aliphatic carbocycles. The maximum atomic E-state index is 13.4. The lowest BCUT2D eigenvalue weighted by Gasteiger charge is -2.05. The van der Waals surface area contributed by atoms with Gasteiger partial charge in [0.2, 0.25) is 5.95 Å². The zero-order valence-electron chi connectivity index (χ0n) is 8.11. The van der Waals surface area contributed by atoms with Gasteiger partial charge in [0.05, 0.1) is 6.20 Å². The van der Waals surface area contributed by atoms with Crippen LogP contribution in [0.1, 0.15) is 5.56 Å². The van der Waals surface area contributed by atoms with Crippen LogP contribution in [0, 0.1) is 12.7 Å². The Kier molecular flexibility index (Phi) is 2.29. The quantitative estimate of drug-likeness (QED) is 0.765. The van der Waals surface area contributed by atoms with Crippen LogP contribution in [0.3, 0.4) is 0 Å². The molecule has 2 N–H and O–H groups in total. The van der Waals surface area contributed by atoms with E-state index >= 15 is 0 Å². The molecule has 0 bridgehead atoms. The second kappa shape index (κ2) is 3.61. The summed E-state index contributed by atoms with van der Waals surface area (Å²) in [4.78, 5) is 11.3. The van der Waals surface area contributed by atoms with E-state index < -0.39 is 5.82 Å². The number of pyridine rings is 1. The summed E-state index contributed by atoms with van der Waals surface area (Å²) in [5, 5.41) is 0. The van der Waals surface area contributed by atoms with Gasteiger partial charge >= 0.3 is 0 Å². The number of nitrogens with two attached hydrogens (primary N) is 1. The van der Waals surface area contributed by atoms with Crippen LogP contribution in [0.15, 0.2) is 24.7 Å². The number of rotatable bonds is 1. The van der Waals surface area contributed by atoms with E-state index in [0.717, 1.165) is 11.8 Å². The molecule has 0 aliphatic heterocycles. The molecule has 0 fully saturated rings. The molecule has 0 aliphatic rings. The van der Waals surface area contributed by atoms with E-state index in [2.05, 4.69) is 15.0 Å². The fourth-order valence-electron chi connectivity index (χ4n) is 1.28. The highest BCUT2D eigenvalue weighted by Gasteiger charge is 2.10. The van der Waals surface area contributed by atoms with Crippen molar-refractivity contribution in [2.45, 2.75) is 6.92 Å². The van der Waals surface area contributed by atoms with E-state index in [1.807, 2.05) is 6.92 Å². The first kappa shape index (κ1) is 9.51. The smallest absolute Gasteiger partial charge is 0.220 e. The Balaban J connectivity index is 2.64. The predicted molar refractivity (Wildman–Crippen MR) is 54.4 cm³/mol. The molecule has 4 nitrogen and oxygen atoms in total. The maximum Gasteiger partial charge on any atom is 0.220 e. The Morgan fingerprint density at radius 2 is 2.13 bits per heavy atom. The van der Waals surface area contributed by atoms with Gasteiger partial charge in [-0.2, -0.15) is 0 Å². The van der Waals surface area contributed by atoms with Crippen molar-refractivity contribution in [2.75, 3.05) is 5.73 Å². The number of nitrogen functional groups attached to an aromatic ring is 1. The summed E-state index contributed by atoms with van der Waals surface area (Å²) in [5.41, 5.74) is 7.11. The van der Waals surface area contributed by atoms with Crippen LogP contribution in [-0.4, -0.2) is 15.0 Å². The molecule has 0 radical (unpaired) electrons. The fraction of sp³-hybridized carbons (Fsp3) is 0.100. The van der Waals surface area contributed by atoms with Gasteiger partial charge in [-0.1, -0.05) is 0 Å². The third kappa shape index (κ3) is 1.76. The molecule has 2 heterocycles. The summed E-state index contributed by atoms with van der Waals surface area (Å²) >= 11 is 0. The first-order chi connectivity index (χ1) is 7.18. The fourth-order valence-corrected chi connectivity index (χ4v) is 1.28. The molecular formula is C10H9FN4. The standard InChI is InChI=1S/C10H9FN4/c1-6-2-3-13-4-7(6)9-8(11)5-14-10(12)15-9/h2-5H,1H3,(H2,12,14,15). The predicted octanol–water partition coefficient (Wildman–Crippen LogP) is 1.57. The molecule has 0 unspecified atom stereocenters. The van der Waals surface area contributed by atoms with Crippen molar-refractivity contribution < 1.29 is 4.39 Å². The Hall–Kier alpha value is -2.04. The number of hydrogen-bond donors (Lipinski definition) is 1. The van der Waals surface area contributed by atoms with Gasteiger partial charge in [-0.05, 0) is 18.6 Å². The van der Waals surface area contributed by atoms with Crippen LogP contribution < -0.4 is 5.73 Å². The Labute approximate surface area is 86.0 Å². The lowest BCUT2D eigenvalue weighted by atomic mass is 10.1. The van der Waals surface area contributed by atoms with Gasteiger partial charge in [0.15, 0.2) is 5.82 Å². The third-order valence-electron chi connectivity index (χ3n) is 2.06. The molecule has 0 saturated heterocycles. The first-order valence-corrected chi connectivity index (χ1v) is 4.37. The van der Waals surface area contributed by atoms with Crippen LogP contribution in [0.4, 0.5) is 10.3 Å². The molecule has 5 heteroatoms. The van der Waals surface area contributed by atoms with E-state index in [9.17, 15) is 4.39 Å². The van der Waals surface area contributed by atoms with Gasteiger partial charge in [0.1, 0.15) is 5.69 Å². The van der Waals surface area contributed by atoms with Crippen molar-refractivity contribution in [1.29, 1.82) is 0 Å². The molecule has 0 amide bonds. The molecule has 0 atom stereocenters. The van der Waals surface area contributed by atoms with E-state index in [1.165, 1.54) is 0 Å². The van der Waals surface area contributed by atoms with Gasteiger partial charge in [-0.25, -0.2) is 14.4 Å². The van der Waals surface area contributed by atoms with Gasteiger partial charge in [-0.15, -0.1) is 0 Å². The van der Waals surface area contributed by atoms with E-state index in [4.69, 9.17) is 5.73 Å². The minimum Gasteiger partial charge on any atom is -0.368 e. The van der Waals surface area contributed by atoms with Crippen molar-refractivity contribution >= 4 is 5.95 Å². The van der Waals surface area contributed by atoms with Crippen LogP contribution in [-0.2, 0) is 0 Å². The number of anilines is 1. The van der Waals surface area contributed by atoms with Crippen molar-refractivity contribution in [3.8, 4) is 11.3 Å². The summed E-state index contributed by atoms with van der Waals surface area (Å²) in [6, 6.07) is 1.78. The van der Waals surface area contributed by atoms with Crippen molar-refractivity contribution in [1.82, 2.24) is 15.0 Å². The van der Waals surface area contributed by atoms with Gasteiger partial charge in [0, 0.05) is 18.0 Å². The molecule has 2 aromatic rings. The van der Waals surface area contributed by atoms with Crippen LogP contribution in [0.2, 0.25) is 0 Å². The summed E-state index contributed by atoms with van der Waals surface area (Å²) < 4.78 is 13.4. The topological polar surface area (TPSA) is 64.7 Å². The number of aryl methyl sites for hydroxylation is 1. The minimum atomic E-state index is -0.500. The highest BCUT2D eigenvalue weighted by Crippen LogP contribution is 2.22. The number of aromatic nitrogens is 3. The molecule has 15 heavy (non-hydrogen) atoms. The molecule has 2 aromatic heterocycles. The van der Waals surface area contributed by atoms with E-state index in [0.29, 0.717) is 5.56 Å². The molecule has 0 aromatic carbocycles. The monoisotopic (exact) mass is 204 g/mol. The van der Waals surface area contributed by atoms with Crippen LogP contribution >= 0.6 is 0 Å². The maximum absolute atomic E-state index is 13.4. The zero-order chi connectivity index (χ0) is 10.8. The number of halogens is 1. The molecular weight excluding hydrogens is 195 g/mol. The average Bonchev–Trinajstić information content (AvgIpc) is 2.23. The SMILES string of the molecule is Cc1ccncc1-c1nc(N)ncc1F. The molecule has 76 valence electrons. The molecule has 0 spiro atoms. The first-order valence-electron chi connectivity index (χ1n) is 4.37. The van der Waals surface area contributed by atoms with E-state index in [1.54, 1.807) is 18.5 Å². The van der Waals surface area contributed by atoms with Crippen LogP contribution in [0.5, 0.6) is 0 Å². The van der Waals surface area contributed by atoms with Gasteiger partial charge < -0.3 is 5.73 Å². The number of hydrogen-bond acceptors (Lipinski definition) is 4. The lowest BCUT2D eigenvalue weighted by molar-refractivity contribution is 0.619. The average molecular weight is 204 g/mol. The molecule has 2 rings (SSSR count). The highest BCUT2D eigenvalue weighted by molar-refractivity contribution is 5.63. The summed E-state index contributed by atoms with van der Waals surface area (Å²) in [6.45, 7) is 1.86. The Morgan fingerprint density at radius 1 is 1.33 bits per heavy atom. The van der Waals surface area contributed by atoms with Crippen molar-refractivity contribution in [3.63, 3.8) is 0 Å². The zero-order valence-corrected chi connectivity index (χ0v) is 8.11. The normalized spacial score (nSPS) is 10.3. The number of nitrogens with zero attached hydrogens (tertiary/aromatic N) is 3. The Bertz CT molecular complexity index is 499. The summed E-state index contributed by atoms with van der Waals surface area (Å²) in [6.07, 6.45) is 4.26. The summed E-state index contributed by atoms with van der Waals surface area (Å²) in [7, 11) is 0. The highest BCUT2D eigenvalue weighted by atomic mass is 19.1. The van der Waals surface area contributed by atoms with Gasteiger partial charge in [0.25, 0.3) is 0 Å². The molecule has 0 saturated carbocycles.